The number of hydrogen-bond acceptors (Lipinski definition) is 7. The van der Waals surface area contributed by atoms with Crippen LogP contribution in [-0.2, 0) is 16.1 Å². The summed E-state index contributed by atoms with van der Waals surface area (Å²) < 4.78 is 11.7. The van der Waals surface area contributed by atoms with Crippen LogP contribution in [0.1, 0.15) is 0 Å². The molecule has 0 spiro atoms. The number of carbonyl (C=O) groups is 1. The van der Waals surface area contributed by atoms with Crippen LogP contribution in [-0.4, -0.2) is 39.9 Å². The zero-order chi connectivity index (χ0) is 18.5. The van der Waals surface area contributed by atoms with Crippen molar-refractivity contribution in [1.29, 1.82) is 0 Å². The third-order valence-electron chi connectivity index (χ3n) is 3.42. The Morgan fingerprint density at radius 1 is 1.38 bits per heavy atom. The van der Waals surface area contributed by atoms with Crippen molar-refractivity contribution in [1.82, 2.24) is 14.5 Å². The van der Waals surface area contributed by atoms with Crippen molar-refractivity contribution in [2.24, 2.45) is 0 Å². The lowest BCUT2D eigenvalue weighted by Crippen LogP contribution is -2.34. The van der Waals surface area contributed by atoms with E-state index < -0.39 is 17.2 Å². The van der Waals surface area contributed by atoms with Crippen LogP contribution >= 0.6 is 11.8 Å². The first kappa shape index (κ1) is 18.0. The molecule has 1 amide bonds. The highest BCUT2D eigenvalue weighted by Crippen LogP contribution is 2.23. The fourth-order valence-corrected chi connectivity index (χ4v) is 2.89. The first-order valence-electron chi connectivity index (χ1n) is 7.68. The van der Waals surface area contributed by atoms with Crippen molar-refractivity contribution in [3.63, 3.8) is 0 Å². The SMILES string of the molecule is COCCn1c(NC(=O)CSc2nc3ccccc3o2)cc(=O)[nH]c1=O. The van der Waals surface area contributed by atoms with Gasteiger partial charge in [0, 0.05) is 13.2 Å². The van der Waals surface area contributed by atoms with Gasteiger partial charge in [0.1, 0.15) is 11.3 Å². The molecule has 136 valence electrons. The molecule has 26 heavy (non-hydrogen) atoms. The van der Waals surface area contributed by atoms with Crippen LogP contribution in [0.5, 0.6) is 0 Å². The number of rotatable bonds is 7. The van der Waals surface area contributed by atoms with Gasteiger partial charge in [-0.3, -0.25) is 19.1 Å². The average Bonchev–Trinajstić information content (AvgIpc) is 3.02. The minimum Gasteiger partial charge on any atom is -0.431 e. The Kier molecular flexibility index (Phi) is 5.54. The Hall–Kier alpha value is -2.85. The number of aromatic amines is 1. The maximum Gasteiger partial charge on any atom is 0.329 e. The van der Waals surface area contributed by atoms with E-state index in [0.29, 0.717) is 16.3 Å². The molecular weight excluding hydrogens is 360 g/mol. The molecule has 0 bridgehead atoms. The first-order valence-corrected chi connectivity index (χ1v) is 8.66. The molecule has 3 rings (SSSR count). The lowest BCUT2D eigenvalue weighted by Gasteiger charge is -2.12. The van der Waals surface area contributed by atoms with Gasteiger partial charge in [0.2, 0.25) is 5.91 Å². The Morgan fingerprint density at radius 2 is 2.19 bits per heavy atom. The molecule has 0 fully saturated rings. The molecule has 0 aliphatic rings. The Balaban J connectivity index is 1.69. The predicted molar refractivity (Wildman–Crippen MR) is 96.6 cm³/mol. The van der Waals surface area contributed by atoms with Gasteiger partial charge in [0.05, 0.1) is 18.9 Å². The van der Waals surface area contributed by atoms with Crippen LogP contribution in [0.2, 0.25) is 0 Å². The van der Waals surface area contributed by atoms with E-state index in [1.54, 1.807) is 6.07 Å². The van der Waals surface area contributed by atoms with E-state index in [-0.39, 0.29) is 24.7 Å². The molecule has 2 heterocycles. The maximum absolute atomic E-state index is 12.2. The van der Waals surface area contributed by atoms with E-state index in [0.717, 1.165) is 17.8 Å². The van der Waals surface area contributed by atoms with E-state index in [2.05, 4.69) is 15.3 Å². The van der Waals surface area contributed by atoms with Crippen molar-refractivity contribution < 1.29 is 13.9 Å². The highest BCUT2D eigenvalue weighted by atomic mass is 32.2. The number of H-pyrrole nitrogens is 1. The van der Waals surface area contributed by atoms with Crippen LogP contribution in [0, 0.1) is 0 Å². The monoisotopic (exact) mass is 376 g/mol. The van der Waals surface area contributed by atoms with Crippen molar-refractivity contribution in [3.8, 4) is 0 Å². The topological polar surface area (TPSA) is 119 Å². The minimum absolute atomic E-state index is 0.0120. The summed E-state index contributed by atoms with van der Waals surface area (Å²) in [4.78, 5) is 42.0. The van der Waals surface area contributed by atoms with Gasteiger partial charge in [0.25, 0.3) is 10.8 Å². The summed E-state index contributed by atoms with van der Waals surface area (Å²) in [5, 5.41) is 2.93. The number of ether oxygens (including phenoxy) is 1. The van der Waals surface area contributed by atoms with E-state index in [4.69, 9.17) is 9.15 Å². The second-order valence-corrected chi connectivity index (χ2v) is 6.18. The van der Waals surface area contributed by atoms with Gasteiger partial charge < -0.3 is 14.5 Å². The number of aromatic nitrogens is 3. The third kappa shape index (κ3) is 4.21. The zero-order valence-electron chi connectivity index (χ0n) is 13.9. The summed E-state index contributed by atoms with van der Waals surface area (Å²) >= 11 is 1.12. The van der Waals surface area contributed by atoms with Gasteiger partial charge in [-0.05, 0) is 12.1 Å². The van der Waals surface area contributed by atoms with Crippen LogP contribution in [0.25, 0.3) is 11.1 Å². The number of amides is 1. The fraction of sp³-hybridized carbons (Fsp3) is 0.250. The summed E-state index contributed by atoms with van der Waals surface area (Å²) in [7, 11) is 1.49. The van der Waals surface area contributed by atoms with E-state index in [1.165, 1.54) is 11.7 Å². The van der Waals surface area contributed by atoms with Gasteiger partial charge in [0.15, 0.2) is 5.58 Å². The molecule has 2 N–H and O–H groups in total. The van der Waals surface area contributed by atoms with E-state index in [9.17, 15) is 14.4 Å². The molecule has 9 nitrogen and oxygen atoms in total. The number of oxazole rings is 1. The lowest BCUT2D eigenvalue weighted by atomic mass is 10.3. The second-order valence-electron chi connectivity index (χ2n) is 5.25. The van der Waals surface area contributed by atoms with Gasteiger partial charge >= 0.3 is 5.69 Å². The first-order chi connectivity index (χ1) is 12.6. The highest BCUT2D eigenvalue weighted by Gasteiger charge is 2.12. The summed E-state index contributed by atoms with van der Waals surface area (Å²) in [6.07, 6.45) is 0. The Labute approximate surface area is 151 Å². The van der Waals surface area contributed by atoms with Gasteiger partial charge in [-0.2, -0.15) is 0 Å². The number of hydrogen-bond donors (Lipinski definition) is 2. The molecular formula is C16H16N4O5S. The smallest absolute Gasteiger partial charge is 0.329 e. The molecule has 2 aromatic heterocycles. The molecule has 0 aliphatic carbocycles. The van der Waals surface area contributed by atoms with Gasteiger partial charge in [-0.1, -0.05) is 23.9 Å². The molecule has 10 heteroatoms. The van der Waals surface area contributed by atoms with Crippen molar-refractivity contribution >= 4 is 34.6 Å². The number of benzene rings is 1. The summed E-state index contributed by atoms with van der Waals surface area (Å²) in [6.45, 7) is 0.451. The van der Waals surface area contributed by atoms with Gasteiger partial charge in [-0.25, -0.2) is 9.78 Å². The van der Waals surface area contributed by atoms with E-state index >= 15 is 0 Å². The highest BCUT2D eigenvalue weighted by molar-refractivity contribution is 7.99. The number of fused-ring (bicyclic) bond motifs is 1. The molecule has 3 aromatic rings. The fourth-order valence-electron chi connectivity index (χ4n) is 2.25. The molecule has 0 aliphatic heterocycles. The number of nitrogens with zero attached hydrogens (tertiary/aromatic N) is 2. The second kappa shape index (κ2) is 8.02. The quantitative estimate of drug-likeness (QED) is 0.592. The van der Waals surface area contributed by atoms with Crippen molar-refractivity contribution in [2.75, 3.05) is 24.8 Å². The number of nitrogens with one attached hydrogen (secondary N) is 2. The predicted octanol–water partition coefficient (Wildman–Crippen LogP) is 1.05. The zero-order valence-corrected chi connectivity index (χ0v) is 14.7. The normalized spacial score (nSPS) is 11.0. The summed E-state index contributed by atoms with van der Waals surface area (Å²) in [5.41, 5.74) is 0.138. The average molecular weight is 376 g/mol. The number of carbonyl (C=O) groups excluding carboxylic acids is 1. The van der Waals surface area contributed by atoms with E-state index in [1.807, 2.05) is 18.2 Å². The number of methoxy groups -OCH3 is 1. The number of thioether (sulfide) groups is 1. The van der Waals surface area contributed by atoms with Crippen LogP contribution in [0.4, 0.5) is 5.82 Å². The van der Waals surface area contributed by atoms with Crippen molar-refractivity contribution in [2.45, 2.75) is 11.8 Å². The molecule has 1 aromatic carbocycles. The minimum atomic E-state index is -0.614. The molecule has 0 atom stereocenters. The number of anilines is 1. The van der Waals surface area contributed by atoms with Crippen molar-refractivity contribution in [3.05, 3.63) is 51.2 Å². The lowest BCUT2D eigenvalue weighted by molar-refractivity contribution is -0.113. The summed E-state index contributed by atoms with van der Waals surface area (Å²) in [6, 6.07) is 8.43. The molecule has 0 radical (unpaired) electrons. The largest absolute Gasteiger partial charge is 0.431 e. The molecule has 0 saturated heterocycles. The molecule has 0 saturated carbocycles. The third-order valence-corrected chi connectivity index (χ3v) is 4.25. The van der Waals surface area contributed by atoms with Crippen LogP contribution in [0.15, 0.2) is 49.6 Å². The number of para-hydroxylation sites is 2. The van der Waals surface area contributed by atoms with Gasteiger partial charge in [-0.15, -0.1) is 0 Å². The van der Waals surface area contributed by atoms with Crippen LogP contribution < -0.4 is 16.6 Å². The Morgan fingerprint density at radius 3 is 2.96 bits per heavy atom. The Bertz CT molecular complexity index is 1010. The molecule has 0 unspecified atom stereocenters. The maximum atomic E-state index is 12.2. The summed E-state index contributed by atoms with van der Waals surface area (Å²) in [5.74, 6) is -0.273. The van der Waals surface area contributed by atoms with Crippen LogP contribution in [0.3, 0.4) is 0 Å². The standard InChI is InChI=1S/C16H16N4O5S/c1-24-7-6-20-12(8-13(21)19-15(20)23)18-14(22)9-26-16-17-10-4-2-3-5-11(10)25-16/h2-5,8H,6-7,9H2,1H3,(H,18,22)(H,19,21,23).